The third-order valence-electron chi connectivity index (χ3n) is 6.43. The summed E-state index contributed by atoms with van der Waals surface area (Å²) in [6.45, 7) is 5.63. The number of nitrogens with one attached hydrogen (secondary N) is 1. The number of nitrogens with zero attached hydrogens (tertiary/aromatic N) is 4. The molecule has 30 heavy (non-hydrogen) atoms. The molecule has 2 fully saturated rings. The highest BCUT2D eigenvalue weighted by molar-refractivity contribution is 5.89. The van der Waals surface area contributed by atoms with Crippen molar-refractivity contribution >= 4 is 11.7 Å². The largest absolute Gasteiger partial charge is 0.424 e. The number of hydrogen-bond donors (Lipinski definition) is 1. The minimum atomic E-state index is 0.0495. The van der Waals surface area contributed by atoms with Gasteiger partial charge in [-0.1, -0.05) is 38.0 Å². The van der Waals surface area contributed by atoms with E-state index in [1.165, 1.54) is 12.8 Å². The summed E-state index contributed by atoms with van der Waals surface area (Å²) < 4.78 is 5.68. The number of urea groups is 1. The topological polar surface area (TPSA) is 74.5 Å². The number of piperidine rings is 1. The fourth-order valence-corrected chi connectivity index (χ4v) is 4.78. The molecule has 7 nitrogen and oxygen atoms in total. The van der Waals surface area contributed by atoms with E-state index in [1.54, 1.807) is 0 Å². The van der Waals surface area contributed by atoms with Crippen molar-refractivity contribution in [2.75, 3.05) is 25.0 Å². The van der Waals surface area contributed by atoms with E-state index in [0.29, 0.717) is 23.7 Å². The SMILES string of the molecule is CCc1nnc(CN2CCC([C@@H]3CCCCCN3C(=O)Nc3ccccc3)CC2)o1. The van der Waals surface area contributed by atoms with Gasteiger partial charge >= 0.3 is 6.03 Å². The summed E-state index contributed by atoms with van der Waals surface area (Å²) >= 11 is 0. The normalized spacial score (nSPS) is 21.4. The summed E-state index contributed by atoms with van der Waals surface area (Å²) in [4.78, 5) is 17.6. The first-order valence-electron chi connectivity index (χ1n) is 11.4. The maximum atomic E-state index is 13.1. The predicted octanol–water partition coefficient (Wildman–Crippen LogP) is 4.32. The van der Waals surface area contributed by atoms with Crippen LogP contribution in [0.5, 0.6) is 0 Å². The lowest BCUT2D eigenvalue weighted by Crippen LogP contribution is -2.49. The zero-order chi connectivity index (χ0) is 20.8. The lowest BCUT2D eigenvalue weighted by molar-refractivity contribution is 0.0985. The highest BCUT2D eigenvalue weighted by Gasteiger charge is 2.34. The van der Waals surface area contributed by atoms with Gasteiger partial charge in [0.2, 0.25) is 11.8 Å². The first-order chi connectivity index (χ1) is 14.7. The molecule has 2 aromatic rings. The van der Waals surface area contributed by atoms with Crippen LogP contribution < -0.4 is 5.32 Å². The van der Waals surface area contributed by atoms with Crippen molar-refractivity contribution in [3.05, 3.63) is 42.1 Å². The number of amides is 2. The van der Waals surface area contributed by atoms with Gasteiger partial charge in [-0.15, -0.1) is 10.2 Å². The van der Waals surface area contributed by atoms with Crippen LogP contribution in [0, 0.1) is 5.92 Å². The molecular formula is C23H33N5O2. The van der Waals surface area contributed by atoms with Gasteiger partial charge < -0.3 is 14.6 Å². The Kier molecular flexibility index (Phi) is 7.00. The van der Waals surface area contributed by atoms with E-state index in [0.717, 1.165) is 64.0 Å². The van der Waals surface area contributed by atoms with Crippen LogP contribution in [-0.2, 0) is 13.0 Å². The molecule has 0 bridgehead atoms. The summed E-state index contributed by atoms with van der Waals surface area (Å²) in [6, 6.07) is 10.2. The average molecular weight is 412 g/mol. The summed E-state index contributed by atoms with van der Waals surface area (Å²) in [7, 11) is 0. The van der Waals surface area contributed by atoms with Gasteiger partial charge in [-0.05, 0) is 56.8 Å². The summed E-state index contributed by atoms with van der Waals surface area (Å²) in [5, 5.41) is 11.3. The molecule has 0 spiro atoms. The van der Waals surface area contributed by atoms with Crippen molar-refractivity contribution in [2.45, 2.75) is 64.5 Å². The molecule has 0 radical (unpaired) electrons. The molecule has 7 heteroatoms. The van der Waals surface area contributed by atoms with Crippen molar-refractivity contribution in [1.29, 1.82) is 0 Å². The number of aryl methyl sites for hydroxylation is 1. The van der Waals surface area contributed by atoms with Gasteiger partial charge in [0.15, 0.2) is 0 Å². The van der Waals surface area contributed by atoms with E-state index in [1.807, 2.05) is 37.3 Å². The molecular weight excluding hydrogens is 378 g/mol. The summed E-state index contributed by atoms with van der Waals surface area (Å²) in [5.74, 6) is 1.97. The van der Waals surface area contributed by atoms with Crippen molar-refractivity contribution in [3.8, 4) is 0 Å². The number of aromatic nitrogens is 2. The lowest BCUT2D eigenvalue weighted by atomic mass is 9.86. The van der Waals surface area contributed by atoms with Gasteiger partial charge in [0.25, 0.3) is 0 Å². The van der Waals surface area contributed by atoms with Gasteiger partial charge in [-0.3, -0.25) is 4.90 Å². The summed E-state index contributed by atoms with van der Waals surface area (Å²) in [5.41, 5.74) is 0.867. The number of para-hydroxylation sites is 1. The van der Waals surface area contributed by atoms with E-state index in [9.17, 15) is 4.79 Å². The van der Waals surface area contributed by atoms with E-state index < -0.39 is 0 Å². The van der Waals surface area contributed by atoms with Gasteiger partial charge in [0, 0.05) is 24.7 Å². The minimum Gasteiger partial charge on any atom is -0.424 e. The Morgan fingerprint density at radius 2 is 1.80 bits per heavy atom. The molecule has 1 atom stereocenters. The van der Waals surface area contributed by atoms with Crippen molar-refractivity contribution in [2.24, 2.45) is 5.92 Å². The maximum Gasteiger partial charge on any atom is 0.322 e. The predicted molar refractivity (Wildman–Crippen MR) is 116 cm³/mol. The molecule has 0 saturated carbocycles. The smallest absolute Gasteiger partial charge is 0.322 e. The van der Waals surface area contributed by atoms with Crippen molar-refractivity contribution in [3.63, 3.8) is 0 Å². The monoisotopic (exact) mass is 411 g/mol. The Morgan fingerprint density at radius 3 is 2.53 bits per heavy atom. The zero-order valence-electron chi connectivity index (χ0n) is 17.9. The van der Waals surface area contributed by atoms with Crippen molar-refractivity contribution in [1.82, 2.24) is 20.0 Å². The van der Waals surface area contributed by atoms with Gasteiger partial charge in [0.05, 0.1) is 6.54 Å². The van der Waals surface area contributed by atoms with Crippen LogP contribution in [0.2, 0.25) is 0 Å². The van der Waals surface area contributed by atoms with E-state index >= 15 is 0 Å². The molecule has 162 valence electrons. The molecule has 2 amide bonds. The van der Waals surface area contributed by atoms with E-state index in [-0.39, 0.29) is 6.03 Å². The second-order valence-corrected chi connectivity index (χ2v) is 8.46. The van der Waals surface area contributed by atoms with Gasteiger partial charge in [0.1, 0.15) is 0 Å². The number of carbonyl (C=O) groups is 1. The molecule has 1 aromatic heterocycles. The van der Waals surface area contributed by atoms with Crippen molar-refractivity contribution < 1.29 is 9.21 Å². The van der Waals surface area contributed by atoms with Gasteiger partial charge in [-0.25, -0.2) is 4.79 Å². The van der Waals surface area contributed by atoms with Crippen LogP contribution in [0.4, 0.5) is 10.5 Å². The highest BCUT2D eigenvalue weighted by atomic mass is 16.4. The number of likely N-dealkylation sites (tertiary alicyclic amines) is 2. The Labute approximate surface area is 178 Å². The number of benzene rings is 1. The Morgan fingerprint density at radius 1 is 1.03 bits per heavy atom. The van der Waals surface area contributed by atoms with Crippen LogP contribution in [-0.4, -0.2) is 51.7 Å². The second kappa shape index (κ2) is 10.1. The minimum absolute atomic E-state index is 0.0495. The Hall–Kier alpha value is -2.41. The molecule has 1 aromatic carbocycles. The first kappa shape index (κ1) is 20.8. The van der Waals surface area contributed by atoms with Crippen LogP contribution in [0.15, 0.2) is 34.7 Å². The molecule has 2 saturated heterocycles. The maximum absolute atomic E-state index is 13.1. The van der Waals surface area contributed by atoms with Crippen LogP contribution in [0.3, 0.4) is 0 Å². The highest BCUT2D eigenvalue weighted by Crippen LogP contribution is 2.31. The second-order valence-electron chi connectivity index (χ2n) is 8.46. The molecule has 3 heterocycles. The molecule has 0 unspecified atom stereocenters. The van der Waals surface area contributed by atoms with Gasteiger partial charge in [-0.2, -0.15) is 0 Å². The summed E-state index contributed by atoms with van der Waals surface area (Å²) in [6.07, 6.45) is 7.61. The third kappa shape index (κ3) is 5.19. The molecule has 2 aliphatic heterocycles. The Bertz CT molecular complexity index is 801. The molecule has 2 aliphatic rings. The van der Waals surface area contributed by atoms with E-state index in [4.69, 9.17) is 4.42 Å². The fraction of sp³-hybridized carbons (Fsp3) is 0.609. The van der Waals surface area contributed by atoms with Crippen LogP contribution in [0.1, 0.15) is 57.2 Å². The van der Waals surface area contributed by atoms with Crippen LogP contribution in [0.25, 0.3) is 0 Å². The lowest BCUT2D eigenvalue weighted by Gasteiger charge is -2.40. The molecule has 4 rings (SSSR count). The van der Waals surface area contributed by atoms with Crippen LogP contribution >= 0.6 is 0 Å². The number of rotatable bonds is 5. The van der Waals surface area contributed by atoms with E-state index in [2.05, 4.69) is 25.3 Å². The molecule has 1 N–H and O–H groups in total. The number of hydrogen-bond acceptors (Lipinski definition) is 5. The average Bonchev–Trinajstić information content (AvgIpc) is 3.08. The molecule has 0 aliphatic carbocycles. The quantitative estimate of drug-likeness (QED) is 0.793. The standard InChI is InChI=1S/C23H33N5O2/c1-2-21-25-26-22(30-21)17-27-15-12-18(13-16-27)20-11-7-4-8-14-28(20)23(29)24-19-9-5-3-6-10-19/h3,5-6,9-10,18,20H,2,4,7-8,11-17H2,1H3,(H,24,29)/t20-/m0/s1. The fourth-order valence-electron chi connectivity index (χ4n) is 4.78. The first-order valence-corrected chi connectivity index (χ1v) is 11.4. The Balaban J connectivity index is 1.35. The number of carbonyl (C=O) groups excluding carboxylic acids is 1. The zero-order valence-corrected chi connectivity index (χ0v) is 17.9. The third-order valence-corrected chi connectivity index (χ3v) is 6.43. The number of anilines is 1.